The molecule has 0 amide bonds. The van der Waals surface area contributed by atoms with E-state index in [1.807, 2.05) is 69.3 Å². The molecular weight excluding hydrogens is 416 g/mol. The van der Waals surface area contributed by atoms with Crippen molar-refractivity contribution in [1.29, 1.82) is 0 Å². The van der Waals surface area contributed by atoms with Crippen molar-refractivity contribution in [3.8, 4) is 11.5 Å². The van der Waals surface area contributed by atoms with Crippen LogP contribution >= 0.6 is 0 Å². The maximum atomic E-state index is 5.30. The Kier molecular flexibility index (Phi) is 6.35. The number of benzene rings is 2. The van der Waals surface area contributed by atoms with Gasteiger partial charge in [-0.25, -0.2) is 9.97 Å². The van der Waals surface area contributed by atoms with Crippen LogP contribution in [0, 0.1) is 13.8 Å². The monoisotopic (exact) mass is 442 g/mol. The number of hydrogen-bond donors (Lipinski definition) is 2. The van der Waals surface area contributed by atoms with Gasteiger partial charge in [0.2, 0.25) is 0 Å². The number of nitrogens with zero attached hydrogens (tertiary/aromatic N) is 4. The molecule has 0 aliphatic carbocycles. The third-order valence-corrected chi connectivity index (χ3v) is 5.22. The van der Waals surface area contributed by atoms with E-state index in [2.05, 4.69) is 31.0 Å². The largest absolute Gasteiger partial charge is 0.497 e. The molecule has 0 aliphatic rings. The zero-order valence-corrected chi connectivity index (χ0v) is 19.3. The summed E-state index contributed by atoms with van der Waals surface area (Å²) in [6, 6.07) is 15.5. The highest BCUT2D eigenvalue weighted by atomic mass is 16.5. The second-order valence-electron chi connectivity index (χ2n) is 7.65. The molecule has 8 nitrogen and oxygen atoms in total. The van der Waals surface area contributed by atoms with Gasteiger partial charge in [0.1, 0.15) is 23.1 Å². The van der Waals surface area contributed by atoms with Gasteiger partial charge in [-0.3, -0.25) is 10.9 Å². The Balaban J connectivity index is 1.44. The van der Waals surface area contributed by atoms with Gasteiger partial charge in [0.05, 0.1) is 37.2 Å². The van der Waals surface area contributed by atoms with Gasteiger partial charge in [0, 0.05) is 10.8 Å². The molecule has 2 aromatic carbocycles. The Labute approximate surface area is 192 Å². The standard InChI is InChI=1S/C25H26N6O2/c1-15-10-24(27-22-8-6-18(32-4)12-20(15)22)30-26-14-17(3)29-31-25-11-16(2)21-13-19(33-5)7-9-23(21)28-25/h6-14H,1-5H3,(H,27,30)(H,28,31)/b26-14+,29-17-. The highest BCUT2D eigenvalue weighted by Gasteiger charge is 2.05. The van der Waals surface area contributed by atoms with Crippen molar-refractivity contribution in [2.75, 3.05) is 25.1 Å². The SMILES string of the molecule is COc1ccc2nc(N/N=C(C)\C=N\Nc3cc(C)c4cc(OC)ccc4n3)cc(C)c2c1. The number of ether oxygens (including phenoxy) is 2. The predicted molar refractivity (Wildman–Crippen MR) is 135 cm³/mol. The number of rotatable bonds is 7. The van der Waals surface area contributed by atoms with Crippen LogP contribution < -0.4 is 20.3 Å². The Morgan fingerprint density at radius 2 is 1.30 bits per heavy atom. The highest BCUT2D eigenvalue weighted by molar-refractivity contribution is 6.29. The third-order valence-electron chi connectivity index (χ3n) is 5.22. The minimum absolute atomic E-state index is 0.657. The molecule has 2 aromatic heterocycles. The summed E-state index contributed by atoms with van der Waals surface area (Å²) < 4.78 is 10.6. The van der Waals surface area contributed by atoms with Gasteiger partial charge >= 0.3 is 0 Å². The Hall–Kier alpha value is -4.20. The fraction of sp³-hybridized carbons (Fsp3) is 0.200. The number of aryl methyl sites for hydroxylation is 2. The summed E-state index contributed by atoms with van der Waals surface area (Å²) in [6.07, 6.45) is 1.63. The molecule has 0 radical (unpaired) electrons. The van der Waals surface area contributed by atoms with E-state index in [0.29, 0.717) is 17.3 Å². The van der Waals surface area contributed by atoms with Gasteiger partial charge < -0.3 is 9.47 Å². The van der Waals surface area contributed by atoms with Crippen molar-refractivity contribution in [1.82, 2.24) is 9.97 Å². The van der Waals surface area contributed by atoms with Gasteiger partial charge in [-0.2, -0.15) is 10.2 Å². The van der Waals surface area contributed by atoms with Gasteiger partial charge in [0.15, 0.2) is 0 Å². The van der Waals surface area contributed by atoms with Crippen LogP contribution in [0.2, 0.25) is 0 Å². The van der Waals surface area contributed by atoms with Crippen LogP contribution in [0.3, 0.4) is 0 Å². The van der Waals surface area contributed by atoms with Gasteiger partial charge in [0.25, 0.3) is 0 Å². The maximum Gasteiger partial charge on any atom is 0.147 e. The minimum atomic E-state index is 0.657. The zero-order valence-electron chi connectivity index (χ0n) is 19.3. The first-order valence-corrected chi connectivity index (χ1v) is 10.5. The first-order chi connectivity index (χ1) is 16.0. The van der Waals surface area contributed by atoms with E-state index in [1.54, 1.807) is 20.4 Å². The summed E-state index contributed by atoms with van der Waals surface area (Å²) in [6.45, 7) is 5.91. The van der Waals surface area contributed by atoms with Crippen molar-refractivity contribution in [2.45, 2.75) is 20.8 Å². The van der Waals surface area contributed by atoms with Crippen molar-refractivity contribution in [2.24, 2.45) is 10.2 Å². The predicted octanol–water partition coefficient (Wildman–Crippen LogP) is 5.30. The average Bonchev–Trinajstić information content (AvgIpc) is 2.82. The van der Waals surface area contributed by atoms with Crippen molar-refractivity contribution >= 4 is 45.4 Å². The fourth-order valence-corrected chi connectivity index (χ4v) is 3.48. The number of hydrogen-bond acceptors (Lipinski definition) is 8. The van der Waals surface area contributed by atoms with Crippen LogP contribution in [0.1, 0.15) is 18.1 Å². The molecule has 0 bridgehead atoms. The van der Waals surface area contributed by atoms with Gasteiger partial charge in [-0.15, -0.1) is 0 Å². The molecular formula is C25H26N6O2. The third kappa shape index (κ3) is 5.01. The van der Waals surface area contributed by atoms with E-state index in [9.17, 15) is 0 Å². The van der Waals surface area contributed by atoms with E-state index in [0.717, 1.165) is 44.4 Å². The molecule has 168 valence electrons. The molecule has 33 heavy (non-hydrogen) atoms. The smallest absolute Gasteiger partial charge is 0.147 e. The number of nitrogens with one attached hydrogen (secondary N) is 2. The van der Waals surface area contributed by atoms with Crippen LogP contribution in [0.5, 0.6) is 11.5 Å². The lowest BCUT2D eigenvalue weighted by molar-refractivity contribution is 0.415. The summed E-state index contributed by atoms with van der Waals surface area (Å²) >= 11 is 0. The van der Waals surface area contributed by atoms with Gasteiger partial charge in [-0.05, 0) is 80.4 Å². The lowest BCUT2D eigenvalue weighted by Crippen LogP contribution is -2.03. The number of pyridine rings is 2. The number of anilines is 2. The van der Waals surface area contributed by atoms with E-state index in [1.165, 1.54) is 0 Å². The topological polar surface area (TPSA) is 93.0 Å². The van der Waals surface area contributed by atoms with E-state index in [4.69, 9.17) is 9.47 Å². The average molecular weight is 443 g/mol. The molecule has 0 unspecified atom stereocenters. The van der Waals surface area contributed by atoms with Crippen LogP contribution in [0.15, 0.2) is 58.7 Å². The molecule has 2 N–H and O–H groups in total. The zero-order chi connectivity index (χ0) is 23.4. The molecule has 2 heterocycles. The molecule has 0 spiro atoms. The van der Waals surface area contributed by atoms with E-state index >= 15 is 0 Å². The number of aromatic nitrogens is 2. The summed E-state index contributed by atoms with van der Waals surface area (Å²) in [4.78, 5) is 9.21. The summed E-state index contributed by atoms with van der Waals surface area (Å²) in [7, 11) is 3.31. The van der Waals surface area contributed by atoms with Crippen molar-refractivity contribution < 1.29 is 9.47 Å². The normalized spacial score (nSPS) is 11.8. The minimum Gasteiger partial charge on any atom is -0.497 e. The molecule has 0 aliphatic heterocycles. The Bertz CT molecular complexity index is 1380. The van der Waals surface area contributed by atoms with Crippen molar-refractivity contribution in [3.05, 3.63) is 59.7 Å². The lowest BCUT2D eigenvalue weighted by Gasteiger charge is -2.08. The number of methoxy groups -OCH3 is 2. The summed E-state index contributed by atoms with van der Waals surface area (Å²) in [5, 5.41) is 10.7. The molecule has 4 aromatic rings. The first-order valence-electron chi connectivity index (χ1n) is 10.5. The number of hydrazone groups is 2. The Morgan fingerprint density at radius 3 is 1.82 bits per heavy atom. The first kappa shape index (κ1) is 22.0. The van der Waals surface area contributed by atoms with E-state index < -0.39 is 0 Å². The maximum absolute atomic E-state index is 5.30. The van der Waals surface area contributed by atoms with Crippen LogP contribution in [-0.2, 0) is 0 Å². The molecule has 0 saturated heterocycles. The quantitative estimate of drug-likeness (QED) is 0.298. The summed E-state index contributed by atoms with van der Waals surface area (Å²) in [5.41, 5.74) is 10.6. The fourth-order valence-electron chi connectivity index (χ4n) is 3.48. The molecule has 0 atom stereocenters. The second-order valence-corrected chi connectivity index (χ2v) is 7.65. The molecule has 8 heteroatoms. The molecule has 4 rings (SSSR count). The molecule has 0 fully saturated rings. The summed E-state index contributed by atoms with van der Waals surface area (Å²) in [5.74, 6) is 2.93. The lowest BCUT2D eigenvalue weighted by atomic mass is 10.1. The molecule has 0 saturated carbocycles. The van der Waals surface area contributed by atoms with Crippen LogP contribution in [0.4, 0.5) is 11.6 Å². The Morgan fingerprint density at radius 1 is 0.788 bits per heavy atom. The van der Waals surface area contributed by atoms with Crippen molar-refractivity contribution in [3.63, 3.8) is 0 Å². The second kappa shape index (κ2) is 9.52. The highest BCUT2D eigenvalue weighted by Crippen LogP contribution is 2.25. The van der Waals surface area contributed by atoms with Crippen LogP contribution in [-0.4, -0.2) is 36.1 Å². The number of fused-ring (bicyclic) bond motifs is 2. The van der Waals surface area contributed by atoms with Gasteiger partial charge in [-0.1, -0.05) is 0 Å². The van der Waals surface area contributed by atoms with E-state index in [-0.39, 0.29) is 0 Å². The van der Waals surface area contributed by atoms with Crippen LogP contribution in [0.25, 0.3) is 21.8 Å².